The maximum atomic E-state index is 13.4. The van der Waals surface area contributed by atoms with E-state index >= 15 is 0 Å². The summed E-state index contributed by atoms with van der Waals surface area (Å²) in [6.45, 7) is 10.9. The maximum Gasteiger partial charge on any atom is 0.270 e. The van der Waals surface area contributed by atoms with Crippen LogP contribution in [0.4, 0.5) is 5.82 Å². The molecular formula is C26H36N4O2S2. The Hall–Kier alpha value is -2.11. The number of carbonyl (C=O) groups is 1. The molecule has 3 heterocycles. The van der Waals surface area contributed by atoms with Gasteiger partial charge in [0.25, 0.3) is 11.5 Å². The molecule has 1 amide bonds. The second-order valence-corrected chi connectivity index (χ2v) is 10.8. The Balaban J connectivity index is 2.06. The molecule has 2 fully saturated rings. The van der Waals surface area contributed by atoms with Crippen LogP contribution in [0.5, 0.6) is 0 Å². The van der Waals surface area contributed by atoms with E-state index < -0.39 is 0 Å². The van der Waals surface area contributed by atoms with Crippen molar-refractivity contribution in [3.8, 4) is 6.07 Å². The summed E-state index contributed by atoms with van der Waals surface area (Å²) < 4.78 is 2.29. The zero-order chi connectivity index (χ0) is 24.8. The third-order valence-electron chi connectivity index (χ3n) is 6.95. The number of hydrogen-bond acceptors (Lipinski definition) is 6. The Morgan fingerprint density at radius 3 is 2.47 bits per heavy atom. The molecule has 2 aliphatic rings. The van der Waals surface area contributed by atoms with Crippen LogP contribution in [0.1, 0.15) is 82.4 Å². The zero-order valence-electron chi connectivity index (χ0n) is 20.9. The molecule has 8 heteroatoms. The third-order valence-corrected chi connectivity index (χ3v) is 8.33. The van der Waals surface area contributed by atoms with Crippen molar-refractivity contribution in [1.29, 1.82) is 5.26 Å². The van der Waals surface area contributed by atoms with E-state index in [0.29, 0.717) is 33.8 Å². The minimum atomic E-state index is -0.255. The summed E-state index contributed by atoms with van der Waals surface area (Å²) in [4.78, 5) is 31.1. The van der Waals surface area contributed by atoms with Gasteiger partial charge < -0.3 is 4.90 Å². The largest absolute Gasteiger partial charge is 0.357 e. The molecular weight excluding hydrogens is 464 g/mol. The summed E-state index contributed by atoms with van der Waals surface area (Å²) in [5.41, 5.74) is 1.32. The van der Waals surface area contributed by atoms with E-state index in [1.807, 2.05) is 19.9 Å². The number of nitriles is 1. The molecule has 0 bridgehead atoms. The highest BCUT2D eigenvalue weighted by Crippen LogP contribution is 2.37. The lowest BCUT2D eigenvalue weighted by atomic mass is 9.99. The number of amides is 1. The first kappa shape index (κ1) is 26.5. The number of hydrogen-bond donors (Lipinski definition) is 0. The highest BCUT2D eigenvalue weighted by Gasteiger charge is 2.34. The molecule has 1 aromatic heterocycles. The minimum Gasteiger partial charge on any atom is -0.357 e. The standard InChI is InChI=1S/C26H36N4O2S2/c1-5-8-12-19(6-2)17-30-25(32)22(34-26(30)33)15-20-18(4)21(16-27)24(31)29(7-3)23(20)28-13-10-9-11-14-28/h15,19H,5-14,17H2,1-4H3/b22-15-. The number of pyridine rings is 1. The Morgan fingerprint density at radius 1 is 1.18 bits per heavy atom. The van der Waals surface area contributed by atoms with Gasteiger partial charge in [0.2, 0.25) is 0 Å². The molecule has 0 aromatic carbocycles. The van der Waals surface area contributed by atoms with E-state index in [1.54, 1.807) is 9.47 Å². The molecule has 1 atom stereocenters. The van der Waals surface area contributed by atoms with Crippen molar-refractivity contribution in [2.75, 3.05) is 24.5 Å². The molecule has 6 nitrogen and oxygen atoms in total. The van der Waals surface area contributed by atoms with Crippen molar-refractivity contribution in [2.45, 2.75) is 79.2 Å². The zero-order valence-corrected chi connectivity index (χ0v) is 22.5. The van der Waals surface area contributed by atoms with E-state index in [2.05, 4.69) is 24.8 Å². The summed E-state index contributed by atoms with van der Waals surface area (Å²) in [6, 6.07) is 2.11. The number of anilines is 1. The minimum absolute atomic E-state index is 0.0679. The van der Waals surface area contributed by atoms with E-state index in [1.165, 1.54) is 18.2 Å². The second kappa shape index (κ2) is 12.0. The van der Waals surface area contributed by atoms with E-state index in [9.17, 15) is 14.9 Å². The smallest absolute Gasteiger partial charge is 0.270 e. The van der Waals surface area contributed by atoms with Gasteiger partial charge in [0.05, 0.1) is 4.91 Å². The average Bonchev–Trinajstić information content (AvgIpc) is 3.11. The van der Waals surface area contributed by atoms with Crippen LogP contribution in [0.2, 0.25) is 0 Å². The van der Waals surface area contributed by atoms with Crippen molar-refractivity contribution in [3.63, 3.8) is 0 Å². The molecule has 0 spiro atoms. The first-order chi connectivity index (χ1) is 16.4. The maximum absolute atomic E-state index is 13.4. The van der Waals surface area contributed by atoms with Gasteiger partial charge in [0, 0.05) is 31.7 Å². The van der Waals surface area contributed by atoms with Gasteiger partial charge in [-0.2, -0.15) is 5.26 Å². The molecule has 34 heavy (non-hydrogen) atoms. The van der Waals surface area contributed by atoms with Gasteiger partial charge in [0.15, 0.2) is 0 Å². The molecule has 2 saturated heterocycles. The number of unbranched alkanes of at least 4 members (excludes halogenated alkanes) is 1. The Morgan fingerprint density at radius 2 is 1.88 bits per heavy atom. The van der Waals surface area contributed by atoms with Gasteiger partial charge in [-0.25, -0.2) is 0 Å². The van der Waals surface area contributed by atoms with Crippen molar-refractivity contribution >= 4 is 46.1 Å². The quantitative estimate of drug-likeness (QED) is 0.331. The first-order valence-corrected chi connectivity index (χ1v) is 13.8. The van der Waals surface area contributed by atoms with Gasteiger partial charge in [-0.05, 0) is 57.1 Å². The highest BCUT2D eigenvalue weighted by atomic mass is 32.2. The number of thioether (sulfide) groups is 1. The fraction of sp³-hybridized carbons (Fsp3) is 0.615. The molecule has 3 rings (SSSR count). The van der Waals surface area contributed by atoms with Crippen LogP contribution < -0.4 is 10.5 Å². The van der Waals surface area contributed by atoms with Crippen LogP contribution in [0, 0.1) is 24.2 Å². The summed E-state index contributed by atoms with van der Waals surface area (Å²) in [7, 11) is 0. The van der Waals surface area contributed by atoms with Crippen molar-refractivity contribution in [3.05, 3.63) is 31.9 Å². The predicted molar refractivity (Wildman–Crippen MR) is 145 cm³/mol. The van der Waals surface area contributed by atoms with E-state index in [0.717, 1.165) is 63.0 Å². The summed E-state index contributed by atoms with van der Waals surface area (Å²) in [5, 5.41) is 9.74. The fourth-order valence-corrected chi connectivity index (χ4v) is 6.10. The van der Waals surface area contributed by atoms with Gasteiger partial charge >= 0.3 is 0 Å². The Bertz CT molecular complexity index is 1060. The lowest BCUT2D eigenvalue weighted by Crippen LogP contribution is -2.37. The fourth-order valence-electron chi connectivity index (χ4n) is 4.85. The monoisotopic (exact) mass is 500 g/mol. The van der Waals surface area contributed by atoms with E-state index in [4.69, 9.17) is 12.2 Å². The van der Waals surface area contributed by atoms with Gasteiger partial charge in [-0.15, -0.1) is 0 Å². The van der Waals surface area contributed by atoms with Crippen LogP contribution in [0.15, 0.2) is 9.70 Å². The third kappa shape index (κ3) is 5.41. The Kier molecular flexibility index (Phi) is 9.38. The van der Waals surface area contributed by atoms with E-state index in [-0.39, 0.29) is 17.0 Å². The summed E-state index contributed by atoms with van der Waals surface area (Å²) in [5.74, 6) is 1.18. The summed E-state index contributed by atoms with van der Waals surface area (Å²) in [6.07, 6.45) is 9.57. The van der Waals surface area contributed by atoms with Crippen LogP contribution in [0.3, 0.4) is 0 Å². The van der Waals surface area contributed by atoms with Crippen molar-refractivity contribution < 1.29 is 4.79 Å². The average molecular weight is 501 g/mol. The van der Waals surface area contributed by atoms with Gasteiger partial charge in [-0.3, -0.25) is 19.1 Å². The predicted octanol–water partition coefficient (Wildman–Crippen LogP) is 5.46. The number of aromatic nitrogens is 1. The number of carbonyl (C=O) groups excluding carboxylic acids is 1. The number of piperidine rings is 1. The molecule has 184 valence electrons. The molecule has 0 N–H and O–H groups in total. The lowest BCUT2D eigenvalue weighted by Gasteiger charge is -2.33. The molecule has 0 aliphatic carbocycles. The second-order valence-electron chi connectivity index (χ2n) is 9.16. The normalized spacial score (nSPS) is 18.6. The lowest BCUT2D eigenvalue weighted by molar-refractivity contribution is -0.122. The molecule has 1 unspecified atom stereocenters. The molecule has 0 saturated carbocycles. The number of rotatable bonds is 9. The van der Waals surface area contributed by atoms with Crippen LogP contribution in [-0.2, 0) is 11.3 Å². The SMILES string of the molecule is CCCCC(CC)CN1C(=O)/C(=C/c2c(C)c(C#N)c(=O)n(CC)c2N2CCCCC2)SC1=S. The van der Waals surface area contributed by atoms with Gasteiger partial charge in [0.1, 0.15) is 21.8 Å². The molecule has 0 radical (unpaired) electrons. The van der Waals surface area contributed by atoms with Crippen molar-refractivity contribution in [2.24, 2.45) is 5.92 Å². The van der Waals surface area contributed by atoms with Crippen LogP contribution in [-0.4, -0.2) is 39.3 Å². The molecule has 2 aliphatic heterocycles. The van der Waals surface area contributed by atoms with Crippen molar-refractivity contribution in [1.82, 2.24) is 9.47 Å². The Labute approximate surface area is 213 Å². The number of thiocarbonyl (C=S) groups is 1. The summed E-state index contributed by atoms with van der Waals surface area (Å²) >= 11 is 6.94. The van der Waals surface area contributed by atoms with Gasteiger partial charge in [-0.1, -0.05) is 57.1 Å². The topological polar surface area (TPSA) is 69.3 Å². The first-order valence-electron chi connectivity index (χ1n) is 12.6. The highest BCUT2D eigenvalue weighted by molar-refractivity contribution is 8.26. The number of nitrogens with zero attached hydrogens (tertiary/aromatic N) is 4. The van der Waals surface area contributed by atoms with Crippen LogP contribution in [0.25, 0.3) is 6.08 Å². The molecule has 1 aromatic rings. The van der Waals surface area contributed by atoms with Crippen LogP contribution >= 0.6 is 24.0 Å².